The first kappa shape index (κ1) is 21.2. The standard InChI is InChI=1S/C27H21ClNOP/c28-24-19-17-23(18-20-24)27(21-16-22-10-4-1-5-11-22)29-31(30,25-12-6-2-7-13-25)26-14-8-3-9-15-26/h1-15,17-20,27H,(H,29,30)/t27-/m0/s1. The Morgan fingerprint density at radius 2 is 1.16 bits per heavy atom. The number of halogens is 1. The van der Waals surface area contributed by atoms with Crippen LogP contribution in [0, 0.1) is 11.8 Å². The number of hydrogen-bond donors (Lipinski definition) is 1. The van der Waals surface area contributed by atoms with Crippen LogP contribution in [-0.2, 0) is 4.57 Å². The van der Waals surface area contributed by atoms with E-state index < -0.39 is 13.3 Å². The van der Waals surface area contributed by atoms with Crippen LogP contribution in [-0.4, -0.2) is 0 Å². The van der Waals surface area contributed by atoms with E-state index in [9.17, 15) is 4.57 Å². The average Bonchev–Trinajstić information content (AvgIpc) is 2.84. The van der Waals surface area contributed by atoms with Gasteiger partial charge in [-0.25, -0.2) is 5.09 Å². The van der Waals surface area contributed by atoms with Crippen LogP contribution >= 0.6 is 18.9 Å². The molecule has 0 aromatic heterocycles. The predicted octanol–water partition coefficient (Wildman–Crippen LogP) is 5.95. The van der Waals surface area contributed by atoms with Crippen molar-refractivity contribution < 1.29 is 4.57 Å². The molecule has 0 bridgehead atoms. The third-order valence-corrected chi connectivity index (χ3v) is 7.81. The van der Waals surface area contributed by atoms with E-state index in [1.807, 2.05) is 115 Å². The third-order valence-electron chi connectivity index (χ3n) is 4.89. The van der Waals surface area contributed by atoms with Crippen molar-refractivity contribution >= 4 is 29.5 Å². The Morgan fingerprint density at radius 3 is 1.68 bits per heavy atom. The maximum Gasteiger partial charge on any atom is 0.205 e. The van der Waals surface area contributed by atoms with Crippen molar-refractivity contribution in [2.45, 2.75) is 6.04 Å². The Bertz CT molecular complexity index is 1190. The van der Waals surface area contributed by atoms with Crippen molar-refractivity contribution in [3.05, 3.63) is 131 Å². The predicted molar refractivity (Wildman–Crippen MR) is 130 cm³/mol. The van der Waals surface area contributed by atoms with Crippen LogP contribution in [0.15, 0.2) is 115 Å². The van der Waals surface area contributed by atoms with Gasteiger partial charge in [-0.05, 0) is 54.1 Å². The van der Waals surface area contributed by atoms with E-state index >= 15 is 0 Å². The van der Waals surface area contributed by atoms with Crippen molar-refractivity contribution in [2.24, 2.45) is 0 Å². The maximum absolute atomic E-state index is 14.5. The Balaban J connectivity index is 1.80. The Hall–Kier alpha value is -3.08. The Labute approximate surface area is 188 Å². The molecular weight excluding hydrogens is 421 g/mol. The molecular formula is C27H21ClNOP. The van der Waals surface area contributed by atoms with Crippen LogP contribution in [0.2, 0.25) is 5.02 Å². The zero-order valence-corrected chi connectivity index (χ0v) is 18.4. The van der Waals surface area contributed by atoms with Crippen LogP contribution in [0.5, 0.6) is 0 Å². The molecule has 31 heavy (non-hydrogen) atoms. The molecule has 4 heteroatoms. The first-order valence-electron chi connectivity index (χ1n) is 9.96. The molecule has 0 aliphatic heterocycles. The number of nitrogens with one attached hydrogen (secondary N) is 1. The summed E-state index contributed by atoms with van der Waals surface area (Å²) in [5.74, 6) is 6.51. The fraction of sp³-hybridized carbons (Fsp3) is 0.0370. The molecule has 1 atom stereocenters. The molecule has 0 spiro atoms. The van der Waals surface area contributed by atoms with E-state index in [0.29, 0.717) is 5.02 Å². The summed E-state index contributed by atoms with van der Waals surface area (Å²) in [7, 11) is -3.16. The average molecular weight is 442 g/mol. The number of rotatable bonds is 5. The normalized spacial score (nSPS) is 11.9. The molecule has 0 amide bonds. The van der Waals surface area contributed by atoms with Gasteiger partial charge in [0.1, 0.15) is 6.04 Å². The van der Waals surface area contributed by atoms with Gasteiger partial charge in [-0.15, -0.1) is 0 Å². The van der Waals surface area contributed by atoms with Crippen molar-refractivity contribution in [3.8, 4) is 11.8 Å². The van der Waals surface area contributed by atoms with Crippen LogP contribution in [0.25, 0.3) is 0 Å². The van der Waals surface area contributed by atoms with E-state index in [1.165, 1.54) is 0 Å². The van der Waals surface area contributed by atoms with Gasteiger partial charge in [0, 0.05) is 21.2 Å². The Morgan fingerprint density at radius 1 is 0.677 bits per heavy atom. The molecule has 4 aromatic rings. The zero-order chi connectivity index (χ0) is 21.5. The lowest BCUT2D eigenvalue weighted by Crippen LogP contribution is -2.30. The summed E-state index contributed by atoms with van der Waals surface area (Å²) in [6.07, 6.45) is 0. The Kier molecular flexibility index (Phi) is 6.70. The van der Waals surface area contributed by atoms with Crippen LogP contribution in [0.4, 0.5) is 0 Å². The third kappa shape index (κ3) is 5.16. The topological polar surface area (TPSA) is 29.1 Å². The molecule has 0 heterocycles. The van der Waals surface area contributed by atoms with E-state index in [2.05, 4.69) is 16.9 Å². The van der Waals surface area contributed by atoms with Crippen LogP contribution in [0.1, 0.15) is 17.2 Å². The van der Waals surface area contributed by atoms with E-state index in [4.69, 9.17) is 11.6 Å². The lowest BCUT2D eigenvalue weighted by molar-refractivity contribution is 0.574. The van der Waals surface area contributed by atoms with Crippen molar-refractivity contribution in [1.29, 1.82) is 0 Å². The molecule has 1 N–H and O–H groups in total. The molecule has 2 nitrogen and oxygen atoms in total. The smallest absolute Gasteiger partial charge is 0.205 e. The molecule has 0 saturated carbocycles. The summed E-state index contributed by atoms with van der Waals surface area (Å²) >= 11 is 6.10. The highest BCUT2D eigenvalue weighted by Crippen LogP contribution is 2.41. The summed E-state index contributed by atoms with van der Waals surface area (Å²) in [5, 5.41) is 5.53. The van der Waals surface area contributed by atoms with E-state index in [0.717, 1.165) is 21.7 Å². The SMILES string of the molecule is O=P(N[C@@H](C#Cc1ccccc1)c1ccc(Cl)cc1)(c1ccccc1)c1ccccc1. The molecule has 4 rings (SSSR count). The molecule has 0 aliphatic rings. The maximum atomic E-state index is 14.5. The molecule has 0 unspecified atom stereocenters. The van der Waals surface area contributed by atoms with Gasteiger partial charge in [-0.2, -0.15) is 0 Å². The minimum atomic E-state index is -3.16. The lowest BCUT2D eigenvalue weighted by Gasteiger charge is -2.24. The molecule has 0 radical (unpaired) electrons. The van der Waals surface area contributed by atoms with Crippen LogP contribution in [0.3, 0.4) is 0 Å². The molecule has 0 fully saturated rings. The summed E-state index contributed by atoms with van der Waals surface area (Å²) in [4.78, 5) is 0. The fourth-order valence-electron chi connectivity index (χ4n) is 3.28. The molecule has 152 valence electrons. The van der Waals surface area contributed by atoms with Gasteiger partial charge in [0.25, 0.3) is 0 Å². The second kappa shape index (κ2) is 9.82. The zero-order valence-electron chi connectivity index (χ0n) is 16.8. The van der Waals surface area contributed by atoms with E-state index in [-0.39, 0.29) is 0 Å². The second-order valence-electron chi connectivity index (χ2n) is 7.03. The van der Waals surface area contributed by atoms with Crippen molar-refractivity contribution in [1.82, 2.24) is 5.09 Å². The van der Waals surface area contributed by atoms with Gasteiger partial charge in [0.15, 0.2) is 0 Å². The quantitative estimate of drug-likeness (QED) is 0.306. The lowest BCUT2D eigenvalue weighted by atomic mass is 10.1. The molecule has 0 aliphatic carbocycles. The van der Waals surface area contributed by atoms with Gasteiger partial charge in [0.2, 0.25) is 7.29 Å². The minimum Gasteiger partial charge on any atom is -0.296 e. The summed E-state index contributed by atoms with van der Waals surface area (Å²) < 4.78 is 14.5. The first-order valence-corrected chi connectivity index (χ1v) is 12.0. The molecule has 4 aromatic carbocycles. The van der Waals surface area contributed by atoms with E-state index in [1.54, 1.807) is 0 Å². The highest BCUT2D eigenvalue weighted by atomic mass is 35.5. The fourth-order valence-corrected chi connectivity index (χ4v) is 5.76. The van der Waals surface area contributed by atoms with Gasteiger partial charge < -0.3 is 0 Å². The number of hydrogen-bond acceptors (Lipinski definition) is 1. The van der Waals surface area contributed by atoms with Crippen LogP contribution < -0.4 is 15.7 Å². The highest BCUT2D eigenvalue weighted by molar-refractivity contribution is 7.76. The largest absolute Gasteiger partial charge is 0.296 e. The van der Waals surface area contributed by atoms with Gasteiger partial charge >= 0.3 is 0 Å². The summed E-state index contributed by atoms with van der Waals surface area (Å²) in [5.41, 5.74) is 1.80. The molecule has 0 saturated heterocycles. The second-order valence-corrected chi connectivity index (χ2v) is 9.98. The highest BCUT2D eigenvalue weighted by Gasteiger charge is 2.30. The van der Waals surface area contributed by atoms with Gasteiger partial charge in [0.05, 0.1) is 0 Å². The monoisotopic (exact) mass is 441 g/mol. The first-order chi connectivity index (χ1) is 15.1. The summed E-state index contributed by atoms with van der Waals surface area (Å²) in [6, 6.07) is 35.8. The minimum absolute atomic E-state index is 0.455. The van der Waals surface area contributed by atoms with Gasteiger partial charge in [-0.1, -0.05) is 90.2 Å². The van der Waals surface area contributed by atoms with Crippen molar-refractivity contribution in [2.75, 3.05) is 0 Å². The summed E-state index contributed by atoms with van der Waals surface area (Å²) in [6.45, 7) is 0. The van der Waals surface area contributed by atoms with Gasteiger partial charge in [-0.3, -0.25) is 4.57 Å². The van der Waals surface area contributed by atoms with Crippen molar-refractivity contribution in [3.63, 3.8) is 0 Å². The number of benzene rings is 4.